The average molecular weight is 238 g/mol. The van der Waals surface area contributed by atoms with E-state index in [9.17, 15) is 4.79 Å². The molecule has 1 rings (SSSR count). The lowest BCUT2D eigenvalue weighted by Crippen LogP contribution is -2.34. The van der Waals surface area contributed by atoms with Crippen molar-refractivity contribution in [1.82, 2.24) is 10.3 Å². The van der Waals surface area contributed by atoms with Gasteiger partial charge < -0.3 is 5.32 Å². The number of hydrogen-bond donors (Lipinski definition) is 1. The average Bonchev–Trinajstić information content (AvgIpc) is 2.21. The first-order chi connectivity index (χ1) is 7.54. The molecule has 5 heteroatoms. The standard InChI is InChI=1S/C11H12ClN3O/c1-7(2)15-11(16)9(5-13)8-3-4-10(12)14-6-8/h3-4,6-7,9H,1-2H3,(H,15,16). The molecule has 1 aromatic rings. The summed E-state index contributed by atoms with van der Waals surface area (Å²) < 4.78 is 0. The fraction of sp³-hybridized carbons (Fsp3) is 0.364. The maximum atomic E-state index is 11.7. The van der Waals surface area contributed by atoms with Gasteiger partial charge in [-0.3, -0.25) is 4.79 Å². The van der Waals surface area contributed by atoms with Crippen LogP contribution in [-0.4, -0.2) is 16.9 Å². The molecular formula is C11H12ClN3O. The molecule has 0 aliphatic carbocycles. The number of amides is 1. The predicted molar refractivity (Wildman–Crippen MR) is 60.9 cm³/mol. The van der Waals surface area contributed by atoms with Crippen LogP contribution in [0.5, 0.6) is 0 Å². The molecule has 0 aliphatic rings. The highest BCUT2D eigenvalue weighted by molar-refractivity contribution is 6.29. The topological polar surface area (TPSA) is 65.8 Å². The molecule has 1 unspecified atom stereocenters. The first-order valence-electron chi connectivity index (χ1n) is 4.86. The summed E-state index contributed by atoms with van der Waals surface area (Å²) in [6.45, 7) is 3.68. The van der Waals surface area contributed by atoms with Gasteiger partial charge in [0.05, 0.1) is 6.07 Å². The number of rotatable bonds is 3. The van der Waals surface area contributed by atoms with Crippen molar-refractivity contribution >= 4 is 17.5 Å². The lowest BCUT2D eigenvalue weighted by atomic mass is 10.0. The minimum absolute atomic E-state index is 0.00334. The van der Waals surface area contributed by atoms with Gasteiger partial charge in [-0.05, 0) is 25.5 Å². The van der Waals surface area contributed by atoms with E-state index >= 15 is 0 Å². The normalized spacial score (nSPS) is 11.9. The summed E-state index contributed by atoms with van der Waals surface area (Å²) in [6.07, 6.45) is 1.44. The summed E-state index contributed by atoms with van der Waals surface area (Å²) in [6, 6.07) is 5.14. The minimum Gasteiger partial charge on any atom is -0.352 e. The Morgan fingerprint density at radius 1 is 1.56 bits per heavy atom. The van der Waals surface area contributed by atoms with Crippen LogP contribution in [0.1, 0.15) is 25.3 Å². The maximum absolute atomic E-state index is 11.7. The van der Waals surface area contributed by atoms with E-state index < -0.39 is 5.92 Å². The number of nitrogens with zero attached hydrogens (tertiary/aromatic N) is 2. The van der Waals surface area contributed by atoms with Crippen molar-refractivity contribution < 1.29 is 4.79 Å². The van der Waals surface area contributed by atoms with Crippen molar-refractivity contribution in [3.05, 3.63) is 29.0 Å². The molecule has 0 radical (unpaired) electrons. The van der Waals surface area contributed by atoms with E-state index in [1.54, 1.807) is 12.1 Å². The summed E-state index contributed by atoms with van der Waals surface area (Å²) in [5, 5.41) is 12.0. The van der Waals surface area contributed by atoms with E-state index in [0.717, 1.165) is 0 Å². The van der Waals surface area contributed by atoms with Crippen molar-refractivity contribution in [2.24, 2.45) is 0 Å². The molecule has 1 atom stereocenters. The van der Waals surface area contributed by atoms with Crippen LogP contribution in [0.25, 0.3) is 0 Å². The van der Waals surface area contributed by atoms with Gasteiger partial charge in [-0.15, -0.1) is 0 Å². The monoisotopic (exact) mass is 237 g/mol. The Labute approximate surface area is 99.2 Å². The van der Waals surface area contributed by atoms with Gasteiger partial charge in [0.2, 0.25) is 5.91 Å². The molecule has 0 aromatic carbocycles. The minimum atomic E-state index is -0.841. The van der Waals surface area contributed by atoms with Crippen molar-refractivity contribution in [3.63, 3.8) is 0 Å². The van der Waals surface area contributed by atoms with Crippen molar-refractivity contribution in [2.75, 3.05) is 0 Å². The second-order valence-corrected chi connectivity index (χ2v) is 4.03. The summed E-state index contributed by atoms with van der Waals surface area (Å²) >= 11 is 5.63. The molecule has 1 N–H and O–H groups in total. The van der Waals surface area contributed by atoms with Crippen LogP contribution < -0.4 is 5.32 Å². The van der Waals surface area contributed by atoms with Gasteiger partial charge in [0, 0.05) is 12.2 Å². The number of nitriles is 1. The van der Waals surface area contributed by atoms with Crippen LogP contribution in [0.15, 0.2) is 18.3 Å². The zero-order valence-corrected chi connectivity index (χ0v) is 9.82. The zero-order chi connectivity index (χ0) is 12.1. The quantitative estimate of drug-likeness (QED) is 0.817. The molecule has 84 valence electrons. The Kier molecular flexibility index (Phi) is 4.27. The molecule has 0 fully saturated rings. The summed E-state index contributed by atoms with van der Waals surface area (Å²) in [5.74, 6) is -1.16. The van der Waals surface area contributed by atoms with Gasteiger partial charge >= 0.3 is 0 Å². The first kappa shape index (κ1) is 12.5. The number of hydrogen-bond acceptors (Lipinski definition) is 3. The van der Waals surface area contributed by atoms with Gasteiger partial charge in [-0.25, -0.2) is 4.98 Å². The van der Waals surface area contributed by atoms with E-state index in [0.29, 0.717) is 10.7 Å². The maximum Gasteiger partial charge on any atom is 0.242 e. The first-order valence-corrected chi connectivity index (χ1v) is 5.24. The Bertz CT molecular complexity index is 408. The molecule has 0 saturated heterocycles. The summed E-state index contributed by atoms with van der Waals surface area (Å²) in [4.78, 5) is 15.5. The molecule has 16 heavy (non-hydrogen) atoms. The smallest absolute Gasteiger partial charge is 0.242 e. The molecule has 0 bridgehead atoms. The van der Waals surface area contributed by atoms with Crippen LogP contribution in [0.4, 0.5) is 0 Å². The lowest BCUT2D eigenvalue weighted by Gasteiger charge is -2.12. The van der Waals surface area contributed by atoms with Crippen LogP contribution in [-0.2, 0) is 4.79 Å². The molecular weight excluding hydrogens is 226 g/mol. The largest absolute Gasteiger partial charge is 0.352 e. The number of carbonyl (C=O) groups is 1. The van der Waals surface area contributed by atoms with E-state index in [1.807, 2.05) is 19.9 Å². The van der Waals surface area contributed by atoms with Crippen molar-refractivity contribution in [1.29, 1.82) is 5.26 Å². The Morgan fingerprint density at radius 2 is 2.25 bits per heavy atom. The van der Waals surface area contributed by atoms with Crippen LogP contribution in [0.2, 0.25) is 5.15 Å². The third-order valence-electron chi connectivity index (χ3n) is 1.91. The highest BCUT2D eigenvalue weighted by Crippen LogP contribution is 2.16. The van der Waals surface area contributed by atoms with E-state index in [1.165, 1.54) is 6.20 Å². The van der Waals surface area contributed by atoms with Crippen LogP contribution in [0, 0.1) is 11.3 Å². The molecule has 1 aromatic heterocycles. The number of nitrogens with one attached hydrogen (secondary N) is 1. The fourth-order valence-corrected chi connectivity index (χ4v) is 1.32. The van der Waals surface area contributed by atoms with E-state index in [4.69, 9.17) is 16.9 Å². The second-order valence-electron chi connectivity index (χ2n) is 3.64. The SMILES string of the molecule is CC(C)NC(=O)C(C#N)c1ccc(Cl)nc1. The molecule has 4 nitrogen and oxygen atoms in total. The fourth-order valence-electron chi connectivity index (χ4n) is 1.21. The highest BCUT2D eigenvalue weighted by Gasteiger charge is 2.20. The summed E-state index contributed by atoms with van der Waals surface area (Å²) in [5.41, 5.74) is 0.546. The third kappa shape index (κ3) is 3.21. The number of aromatic nitrogens is 1. The lowest BCUT2D eigenvalue weighted by molar-refractivity contribution is -0.121. The number of pyridine rings is 1. The molecule has 0 aliphatic heterocycles. The van der Waals surface area contributed by atoms with Gasteiger partial charge in [0.1, 0.15) is 5.15 Å². The van der Waals surface area contributed by atoms with E-state index in [2.05, 4.69) is 10.3 Å². The Hall–Kier alpha value is -1.60. The molecule has 1 heterocycles. The molecule has 0 spiro atoms. The van der Waals surface area contributed by atoms with Crippen LogP contribution >= 0.6 is 11.6 Å². The highest BCUT2D eigenvalue weighted by atomic mass is 35.5. The van der Waals surface area contributed by atoms with Crippen molar-refractivity contribution in [3.8, 4) is 6.07 Å². The van der Waals surface area contributed by atoms with Gasteiger partial charge in [-0.1, -0.05) is 17.7 Å². The Balaban J connectivity index is 2.87. The number of halogens is 1. The van der Waals surface area contributed by atoms with Crippen LogP contribution in [0.3, 0.4) is 0 Å². The third-order valence-corrected chi connectivity index (χ3v) is 2.13. The Morgan fingerprint density at radius 3 is 2.69 bits per heavy atom. The van der Waals surface area contributed by atoms with Gasteiger partial charge in [0.15, 0.2) is 5.92 Å². The van der Waals surface area contributed by atoms with Gasteiger partial charge in [-0.2, -0.15) is 5.26 Å². The molecule has 1 amide bonds. The predicted octanol–water partition coefficient (Wildman–Crippen LogP) is 1.87. The second kappa shape index (κ2) is 5.47. The van der Waals surface area contributed by atoms with E-state index in [-0.39, 0.29) is 11.9 Å². The number of carbonyl (C=O) groups excluding carboxylic acids is 1. The summed E-state index contributed by atoms with van der Waals surface area (Å²) in [7, 11) is 0. The molecule has 0 saturated carbocycles. The zero-order valence-electron chi connectivity index (χ0n) is 9.07. The van der Waals surface area contributed by atoms with Crippen molar-refractivity contribution in [2.45, 2.75) is 25.8 Å². The van der Waals surface area contributed by atoms with Gasteiger partial charge in [0.25, 0.3) is 0 Å².